The number of fused-ring (bicyclic) bond motifs is 4. The van der Waals surface area contributed by atoms with Crippen molar-refractivity contribution in [3.8, 4) is 0 Å². The Kier molecular flexibility index (Phi) is 5.58. The van der Waals surface area contributed by atoms with E-state index in [1.165, 1.54) is 29.5 Å². The lowest BCUT2D eigenvalue weighted by Crippen LogP contribution is -2.38. The molecule has 34 heavy (non-hydrogen) atoms. The minimum absolute atomic E-state index is 0.0659. The summed E-state index contributed by atoms with van der Waals surface area (Å²) in [4.78, 5) is 48.2. The van der Waals surface area contributed by atoms with E-state index in [9.17, 15) is 14.4 Å². The van der Waals surface area contributed by atoms with Crippen molar-refractivity contribution in [3.05, 3.63) is 70.2 Å². The maximum absolute atomic E-state index is 12.8. The third kappa shape index (κ3) is 4.03. The number of ether oxygens (including phenoxy) is 1. The highest BCUT2D eigenvalue weighted by Gasteiger charge is 2.23. The minimum Gasteiger partial charge on any atom is -0.451 e. The molecule has 3 aromatic heterocycles. The molecule has 0 aliphatic heterocycles. The molecule has 0 aliphatic rings. The molecule has 1 unspecified atom stereocenters. The predicted molar refractivity (Wildman–Crippen MR) is 127 cm³/mol. The molecule has 1 atom stereocenters. The van der Waals surface area contributed by atoms with Gasteiger partial charge in [-0.1, -0.05) is 24.3 Å². The van der Waals surface area contributed by atoms with E-state index in [0.717, 1.165) is 25.2 Å². The van der Waals surface area contributed by atoms with Crippen LogP contribution in [-0.4, -0.2) is 44.5 Å². The fourth-order valence-electron chi connectivity index (χ4n) is 3.73. The lowest BCUT2D eigenvalue weighted by atomic mass is 10.2. The summed E-state index contributed by atoms with van der Waals surface area (Å²) >= 11 is 1.51. The topological polar surface area (TPSA) is 108 Å². The summed E-state index contributed by atoms with van der Waals surface area (Å²) < 4.78 is 13.1. The Labute approximate surface area is 197 Å². The molecule has 1 amide bonds. The minimum atomic E-state index is -1.02. The zero-order chi connectivity index (χ0) is 23.8. The van der Waals surface area contributed by atoms with Crippen LogP contribution in [0.3, 0.4) is 0 Å². The number of carbonyl (C=O) groups is 2. The van der Waals surface area contributed by atoms with Gasteiger partial charge in [0.05, 0.1) is 23.1 Å². The Bertz CT molecular complexity index is 1570. The predicted octanol–water partition coefficient (Wildman–Crippen LogP) is 3.34. The summed E-state index contributed by atoms with van der Waals surface area (Å²) in [6, 6.07) is 14.9. The van der Waals surface area contributed by atoms with Crippen LogP contribution in [0.15, 0.2) is 64.1 Å². The van der Waals surface area contributed by atoms with Crippen LogP contribution < -0.4 is 5.56 Å². The number of hydrogen-bond acceptors (Lipinski definition) is 8. The van der Waals surface area contributed by atoms with Crippen molar-refractivity contribution in [2.45, 2.75) is 26.1 Å². The van der Waals surface area contributed by atoms with E-state index in [1.54, 1.807) is 19.2 Å². The number of thiazole rings is 1. The van der Waals surface area contributed by atoms with E-state index in [4.69, 9.17) is 9.15 Å². The quantitative estimate of drug-likeness (QED) is 0.346. The highest BCUT2D eigenvalue weighted by atomic mass is 32.1. The van der Waals surface area contributed by atoms with Gasteiger partial charge in [0.1, 0.15) is 22.7 Å². The SMILES string of the molecule is CC(OC(=O)Cn1cnc2c(oc3ccccc32)c1=O)C(=O)N(C)Cc1nc2ccccc2s1. The van der Waals surface area contributed by atoms with Gasteiger partial charge in [0.25, 0.3) is 11.5 Å². The van der Waals surface area contributed by atoms with Crippen LogP contribution in [0, 0.1) is 0 Å². The Morgan fingerprint density at radius 2 is 1.94 bits per heavy atom. The number of furan rings is 1. The molecule has 3 heterocycles. The Hall–Kier alpha value is -4.05. The molecule has 5 rings (SSSR count). The van der Waals surface area contributed by atoms with Crippen molar-refractivity contribution in [3.63, 3.8) is 0 Å². The molecule has 172 valence electrons. The number of para-hydroxylation sites is 2. The second kappa shape index (κ2) is 8.71. The molecule has 5 aromatic rings. The van der Waals surface area contributed by atoms with Crippen LogP contribution in [0.2, 0.25) is 0 Å². The van der Waals surface area contributed by atoms with E-state index >= 15 is 0 Å². The summed E-state index contributed by atoms with van der Waals surface area (Å²) in [5, 5.41) is 1.51. The van der Waals surface area contributed by atoms with Crippen LogP contribution in [0.4, 0.5) is 0 Å². The highest BCUT2D eigenvalue weighted by molar-refractivity contribution is 7.18. The van der Waals surface area contributed by atoms with Crippen molar-refractivity contribution in [2.75, 3.05) is 7.05 Å². The number of benzene rings is 2. The van der Waals surface area contributed by atoms with Gasteiger partial charge in [-0.15, -0.1) is 11.3 Å². The number of likely N-dealkylation sites (N-methyl/N-ethyl adjacent to an activating group) is 1. The number of carbonyl (C=O) groups excluding carboxylic acids is 2. The molecule has 0 N–H and O–H groups in total. The van der Waals surface area contributed by atoms with Gasteiger partial charge in [-0.3, -0.25) is 19.0 Å². The van der Waals surface area contributed by atoms with Gasteiger partial charge >= 0.3 is 5.97 Å². The first kappa shape index (κ1) is 21.8. The van der Waals surface area contributed by atoms with Crippen LogP contribution in [0.25, 0.3) is 32.3 Å². The van der Waals surface area contributed by atoms with Crippen LogP contribution >= 0.6 is 11.3 Å². The Morgan fingerprint density at radius 1 is 1.18 bits per heavy atom. The van der Waals surface area contributed by atoms with E-state index in [2.05, 4.69) is 9.97 Å². The fraction of sp³-hybridized carbons (Fsp3) is 0.208. The zero-order valence-corrected chi connectivity index (χ0v) is 19.2. The van der Waals surface area contributed by atoms with Gasteiger partial charge in [0.2, 0.25) is 5.58 Å². The lowest BCUT2D eigenvalue weighted by molar-refractivity contribution is -0.159. The summed E-state index contributed by atoms with van der Waals surface area (Å²) in [6.07, 6.45) is 0.255. The normalized spacial score (nSPS) is 12.3. The number of amides is 1. The first-order valence-electron chi connectivity index (χ1n) is 10.6. The van der Waals surface area contributed by atoms with Gasteiger partial charge in [0, 0.05) is 12.4 Å². The second-order valence-electron chi connectivity index (χ2n) is 7.86. The van der Waals surface area contributed by atoms with E-state index < -0.39 is 24.2 Å². The van der Waals surface area contributed by atoms with Crippen LogP contribution in [0.5, 0.6) is 0 Å². The summed E-state index contributed by atoms with van der Waals surface area (Å²) in [6.45, 7) is 1.41. The van der Waals surface area contributed by atoms with E-state index in [-0.39, 0.29) is 11.5 Å². The average molecular weight is 477 g/mol. The fourth-order valence-corrected chi connectivity index (χ4v) is 4.75. The molecule has 0 aliphatic carbocycles. The molecule has 0 bridgehead atoms. The number of rotatable bonds is 6. The molecular weight excluding hydrogens is 456 g/mol. The molecule has 0 radical (unpaired) electrons. The molecule has 0 saturated carbocycles. The summed E-state index contributed by atoms with van der Waals surface area (Å²) in [5.74, 6) is -1.10. The molecule has 2 aromatic carbocycles. The number of hydrogen-bond donors (Lipinski definition) is 0. The Balaban J connectivity index is 1.25. The third-order valence-corrected chi connectivity index (χ3v) is 6.41. The molecule has 9 nitrogen and oxygen atoms in total. The third-order valence-electron chi connectivity index (χ3n) is 5.39. The Morgan fingerprint density at radius 3 is 2.76 bits per heavy atom. The smallest absolute Gasteiger partial charge is 0.326 e. The van der Waals surface area contributed by atoms with Crippen molar-refractivity contribution in [1.29, 1.82) is 0 Å². The maximum Gasteiger partial charge on any atom is 0.326 e. The molecule has 0 spiro atoms. The van der Waals surface area contributed by atoms with Crippen LogP contribution in [0.1, 0.15) is 11.9 Å². The van der Waals surface area contributed by atoms with Crippen molar-refractivity contribution >= 4 is 55.5 Å². The first-order chi connectivity index (χ1) is 16.4. The molecule has 0 saturated heterocycles. The summed E-state index contributed by atoms with van der Waals surface area (Å²) in [7, 11) is 1.63. The van der Waals surface area contributed by atoms with Crippen molar-refractivity contribution < 1.29 is 18.7 Å². The number of esters is 1. The van der Waals surface area contributed by atoms with E-state index in [0.29, 0.717) is 17.6 Å². The number of nitrogens with zero attached hydrogens (tertiary/aromatic N) is 4. The van der Waals surface area contributed by atoms with Gasteiger partial charge in [-0.2, -0.15) is 0 Å². The first-order valence-corrected chi connectivity index (χ1v) is 11.4. The maximum atomic E-state index is 12.8. The van der Waals surface area contributed by atoms with Gasteiger partial charge in [0.15, 0.2) is 6.10 Å². The molecule has 10 heteroatoms. The monoisotopic (exact) mass is 476 g/mol. The van der Waals surface area contributed by atoms with Crippen molar-refractivity contribution in [2.24, 2.45) is 0 Å². The largest absolute Gasteiger partial charge is 0.451 e. The lowest BCUT2D eigenvalue weighted by Gasteiger charge is -2.20. The van der Waals surface area contributed by atoms with Crippen molar-refractivity contribution in [1.82, 2.24) is 19.4 Å². The zero-order valence-electron chi connectivity index (χ0n) is 18.4. The van der Waals surface area contributed by atoms with Gasteiger partial charge in [-0.25, -0.2) is 9.97 Å². The standard InChI is InChI=1S/C24H20N4O5S/c1-14(23(30)27(2)11-19-26-16-8-4-6-10-18(16)34-19)32-20(29)12-28-13-25-21-15-7-3-5-9-17(15)33-22(21)24(28)31/h3-10,13-14H,11-12H2,1-2H3. The second-order valence-corrected chi connectivity index (χ2v) is 8.97. The van der Waals surface area contributed by atoms with Gasteiger partial charge < -0.3 is 14.1 Å². The average Bonchev–Trinajstić information content (AvgIpc) is 3.41. The summed E-state index contributed by atoms with van der Waals surface area (Å²) in [5.41, 5.74) is 1.42. The highest BCUT2D eigenvalue weighted by Crippen LogP contribution is 2.24. The number of aromatic nitrogens is 3. The van der Waals surface area contributed by atoms with E-state index in [1.807, 2.05) is 36.4 Å². The molecular formula is C24H20N4O5S. The van der Waals surface area contributed by atoms with Crippen LogP contribution in [-0.2, 0) is 27.4 Å². The molecule has 0 fully saturated rings. The van der Waals surface area contributed by atoms with Gasteiger partial charge in [-0.05, 0) is 31.2 Å².